The summed E-state index contributed by atoms with van der Waals surface area (Å²) in [6.45, 7) is 0. The van der Waals surface area contributed by atoms with Gasteiger partial charge in [0.2, 0.25) is 0 Å². The molecule has 0 saturated carbocycles. The van der Waals surface area contributed by atoms with E-state index in [2.05, 4.69) is 262 Å². The third-order valence-corrected chi connectivity index (χ3v) is 11.5. The normalized spacial score (nSPS) is 11.9. The van der Waals surface area contributed by atoms with Gasteiger partial charge < -0.3 is 9.80 Å². The Morgan fingerprint density at radius 1 is 0.300 bits per heavy atom. The fourth-order valence-electron chi connectivity index (χ4n) is 8.73. The van der Waals surface area contributed by atoms with Crippen LogP contribution in [0.2, 0.25) is 0 Å². The average Bonchev–Trinajstić information content (AvgIpc) is 3.66. The summed E-state index contributed by atoms with van der Waals surface area (Å²) in [4.78, 5) is 7.17. The quantitative estimate of drug-likeness (QED) is 0.153. The highest BCUT2D eigenvalue weighted by Gasteiger charge is 2.36. The number of aromatic nitrogens is 1. The van der Waals surface area contributed by atoms with Crippen molar-refractivity contribution in [3.63, 3.8) is 0 Å². The molecule has 1 aliphatic rings. The van der Waals surface area contributed by atoms with E-state index in [9.17, 15) is 0 Å². The van der Waals surface area contributed by atoms with Crippen LogP contribution in [-0.2, 0) is 0 Å². The Balaban J connectivity index is 1.03. The summed E-state index contributed by atoms with van der Waals surface area (Å²) in [6.07, 6.45) is 0. The van der Waals surface area contributed by atoms with E-state index in [1.54, 1.807) is 0 Å². The number of fused-ring (bicyclic) bond motifs is 4. The Labute approximate surface area is 350 Å². The van der Waals surface area contributed by atoms with Gasteiger partial charge in [-0.1, -0.05) is 146 Å². The molecule has 0 saturated heterocycles. The minimum absolute atomic E-state index is 1.10. The summed E-state index contributed by atoms with van der Waals surface area (Å²) in [7, 11) is 0. The van der Waals surface area contributed by atoms with Crippen molar-refractivity contribution in [3.05, 3.63) is 243 Å². The maximum atomic E-state index is 2.44. The van der Waals surface area contributed by atoms with Gasteiger partial charge in [-0.25, -0.2) is 0 Å². The van der Waals surface area contributed by atoms with Gasteiger partial charge in [0, 0.05) is 39.5 Å². The van der Waals surface area contributed by atoms with Gasteiger partial charge in [-0.05, 0) is 119 Å². The zero-order chi connectivity index (χ0) is 39.8. The molecular weight excluding hydrogens is 729 g/mol. The smallest absolute Gasteiger partial charge is 0.148 e. The summed E-state index contributed by atoms with van der Waals surface area (Å²) in [6, 6.07) is 86.9. The molecule has 0 N–H and O–H groups in total. The number of hydrogen-bond acceptors (Lipinski definition) is 3. The first kappa shape index (κ1) is 35.1. The Morgan fingerprint density at radius 3 is 1.22 bits per heavy atom. The monoisotopic (exact) mass is 768 g/mol. The van der Waals surface area contributed by atoms with Gasteiger partial charge in [0.1, 0.15) is 5.82 Å². The third kappa shape index (κ3) is 6.10. The molecule has 0 fully saturated rings. The maximum Gasteiger partial charge on any atom is 0.148 e. The summed E-state index contributed by atoms with van der Waals surface area (Å²) >= 11 is 0. The van der Waals surface area contributed by atoms with Gasteiger partial charge in [0.15, 0.2) is 0 Å². The van der Waals surface area contributed by atoms with Crippen molar-refractivity contribution < 1.29 is 0 Å². The lowest BCUT2D eigenvalue weighted by Crippen LogP contribution is -2.25. The van der Waals surface area contributed by atoms with E-state index >= 15 is 0 Å². The van der Waals surface area contributed by atoms with E-state index < -0.39 is 0 Å². The number of hydrogen-bond donors (Lipinski definition) is 0. The fraction of sp³-hybridized carbons (Fsp3) is 0. The lowest BCUT2D eigenvalue weighted by molar-refractivity contribution is 1.05. The molecule has 0 bridgehead atoms. The molecule has 60 heavy (non-hydrogen) atoms. The standard InChI is InChI=1S/C56H40N4/c1-6-18-45(19-7-1)57(46-20-8-2-9-21-46)50-37-34-42(35-38-50)41-30-32-43(33-31-41)44-36-39-52-51(40-44)55-56(59(52)48-24-12-4-13-25-48)60(49-26-14-5-15-27-49)54-29-17-16-28-53(54)58(55)47-22-10-3-11-23-47/h1-40H. The minimum atomic E-state index is 1.10. The molecule has 11 rings (SSSR count). The van der Waals surface area contributed by atoms with Gasteiger partial charge in [-0.2, -0.15) is 0 Å². The molecule has 10 aromatic rings. The fourth-order valence-corrected chi connectivity index (χ4v) is 8.73. The average molecular weight is 769 g/mol. The summed E-state index contributed by atoms with van der Waals surface area (Å²) in [5.74, 6) is 1.10. The lowest BCUT2D eigenvalue weighted by Gasteiger charge is -2.39. The van der Waals surface area contributed by atoms with Crippen LogP contribution in [0.15, 0.2) is 243 Å². The van der Waals surface area contributed by atoms with E-state index in [0.717, 1.165) is 68.1 Å². The highest BCUT2D eigenvalue weighted by Crippen LogP contribution is 2.58. The number of benzene rings is 9. The van der Waals surface area contributed by atoms with Crippen molar-refractivity contribution in [1.82, 2.24) is 4.57 Å². The second-order valence-corrected chi connectivity index (χ2v) is 15.0. The molecule has 4 heteroatoms. The van der Waals surface area contributed by atoms with Crippen molar-refractivity contribution in [2.45, 2.75) is 0 Å². The summed E-state index contributed by atoms with van der Waals surface area (Å²) in [5.41, 5.74) is 15.9. The van der Waals surface area contributed by atoms with Crippen LogP contribution in [0.5, 0.6) is 0 Å². The van der Waals surface area contributed by atoms with Gasteiger partial charge in [-0.3, -0.25) is 9.47 Å². The molecule has 9 aromatic carbocycles. The summed E-state index contributed by atoms with van der Waals surface area (Å²) in [5, 5.41) is 1.17. The third-order valence-electron chi connectivity index (χ3n) is 11.5. The van der Waals surface area contributed by atoms with Crippen LogP contribution in [0.1, 0.15) is 0 Å². The summed E-state index contributed by atoms with van der Waals surface area (Å²) < 4.78 is 2.43. The lowest BCUT2D eigenvalue weighted by atomic mass is 9.98. The Hall–Kier alpha value is -8.08. The highest BCUT2D eigenvalue weighted by atomic mass is 15.3. The Kier molecular flexibility index (Phi) is 8.79. The van der Waals surface area contributed by atoms with E-state index in [1.807, 2.05) is 0 Å². The van der Waals surface area contributed by atoms with Crippen LogP contribution < -0.4 is 14.7 Å². The first-order chi connectivity index (χ1) is 29.8. The van der Waals surface area contributed by atoms with E-state index in [4.69, 9.17) is 0 Å². The molecular formula is C56H40N4. The van der Waals surface area contributed by atoms with Gasteiger partial charge in [0.05, 0.1) is 22.6 Å². The molecule has 0 radical (unpaired) electrons. The van der Waals surface area contributed by atoms with Crippen molar-refractivity contribution >= 4 is 62.2 Å². The van der Waals surface area contributed by atoms with Crippen LogP contribution in [0.3, 0.4) is 0 Å². The Bertz CT molecular complexity index is 3010. The van der Waals surface area contributed by atoms with Crippen LogP contribution in [0.25, 0.3) is 38.8 Å². The maximum absolute atomic E-state index is 2.44. The second-order valence-electron chi connectivity index (χ2n) is 15.0. The first-order valence-corrected chi connectivity index (χ1v) is 20.4. The largest absolute Gasteiger partial charge is 0.311 e. The Morgan fingerprint density at radius 2 is 0.683 bits per heavy atom. The topological polar surface area (TPSA) is 14.7 Å². The number of para-hydroxylation sites is 7. The van der Waals surface area contributed by atoms with Crippen LogP contribution in [-0.4, -0.2) is 4.57 Å². The van der Waals surface area contributed by atoms with Crippen LogP contribution in [0.4, 0.5) is 51.3 Å². The highest BCUT2D eigenvalue weighted by molar-refractivity contribution is 6.14. The second kappa shape index (κ2) is 15.0. The molecule has 2 heterocycles. The van der Waals surface area contributed by atoms with Gasteiger partial charge >= 0.3 is 0 Å². The molecule has 4 nitrogen and oxygen atoms in total. The van der Waals surface area contributed by atoms with Gasteiger partial charge in [0.25, 0.3) is 0 Å². The SMILES string of the molecule is c1ccc(N(c2ccccc2)c2ccc(-c3ccc(-c4ccc5c(c4)c4c(n5-c5ccccc5)N(c5ccccc5)c5ccccc5N4c4ccccc4)cc3)cc2)cc1. The van der Waals surface area contributed by atoms with Crippen molar-refractivity contribution in [2.75, 3.05) is 14.7 Å². The number of anilines is 9. The zero-order valence-electron chi connectivity index (χ0n) is 32.9. The van der Waals surface area contributed by atoms with Crippen LogP contribution in [0, 0.1) is 0 Å². The number of nitrogens with zero attached hydrogens (tertiary/aromatic N) is 4. The number of rotatable bonds is 8. The minimum Gasteiger partial charge on any atom is -0.311 e. The predicted octanol–water partition coefficient (Wildman–Crippen LogP) is 15.7. The molecule has 0 spiro atoms. The molecule has 0 atom stereocenters. The predicted molar refractivity (Wildman–Crippen MR) is 252 cm³/mol. The van der Waals surface area contributed by atoms with Crippen molar-refractivity contribution in [3.8, 4) is 27.9 Å². The van der Waals surface area contributed by atoms with E-state index in [-0.39, 0.29) is 0 Å². The first-order valence-electron chi connectivity index (χ1n) is 20.4. The molecule has 284 valence electrons. The molecule has 0 amide bonds. The molecule has 1 aromatic heterocycles. The zero-order valence-corrected chi connectivity index (χ0v) is 32.9. The van der Waals surface area contributed by atoms with Crippen molar-refractivity contribution in [2.24, 2.45) is 0 Å². The molecule has 1 aliphatic heterocycles. The molecule has 0 unspecified atom stereocenters. The van der Waals surface area contributed by atoms with Gasteiger partial charge in [-0.15, -0.1) is 0 Å². The van der Waals surface area contributed by atoms with Crippen molar-refractivity contribution in [1.29, 1.82) is 0 Å². The van der Waals surface area contributed by atoms with E-state index in [1.165, 1.54) is 22.1 Å². The molecule has 0 aliphatic carbocycles. The van der Waals surface area contributed by atoms with E-state index in [0.29, 0.717) is 0 Å². The van der Waals surface area contributed by atoms with Crippen LogP contribution >= 0.6 is 0 Å².